The van der Waals surface area contributed by atoms with Crippen molar-refractivity contribution in [3.8, 4) is 5.75 Å². The molecule has 3 aromatic rings. The van der Waals surface area contributed by atoms with Crippen molar-refractivity contribution in [2.75, 3.05) is 19.8 Å². The van der Waals surface area contributed by atoms with Crippen LogP contribution in [0.15, 0.2) is 53.6 Å². The molecule has 130 valence electrons. The van der Waals surface area contributed by atoms with E-state index in [2.05, 4.69) is 40.6 Å². The Morgan fingerprint density at radius 2 is 1.96 bits per heavy atom. The highest BCUT2D eigenvalue weighted by atomic mass is 127. The Labute approximate surface area is 159 Å². The maximum Gasteiger partial charge on any atom is 0.261 e. The van der Waals surface area contributed by atoms with Crippen molar-refractivity contribution in [1.29, 1.82) is 0 Å². The van der Waals surface area contributed by atoms with Crippen LogP contribution in [0.2, 0.25) is 0 Å². The first-order valence-corrected chi connectivity index (χ1v) is 9.14. The van der Waals surface area contributed by atoms with Crippen molar-refractivity contribution in [2.45, 2.75) is 13.5 Å². The van der Waals surface area contributed by atoms with Gasteiger partial charge in [0, 0.05) is 0 Å². The largest absolute Gasteiger partial charge is 0.490 e. The molecule has 1 heterocycles. The second kappa shape index (κ2) is 8.44. The second-order valence-corrected chi connectivity index (χ2v) is 6.82. The van der Waals surface area contributed by atoms with E-state index >= 15 is 0 Å². The van der Waals surface area contributed by atoms with E-state index in [9.17, 15) is 4.79 Å². The highest BCUT2D eigenvalue weighted by molar-refractivity contribution is 14.1. The van der Waals surface area contributed by atoms with Crippen LogP contribution in [0.1, 0.15) is 5.56 Å². The minimum Gasteiger partial charge on any atom is -0.490 e. The maximum atomic E-state index is 12.3. The molecule has 0 saturated carbocycles. The van der Waals surface area contributed by atoms with Gasteiger partial charge in [-0.3, -0.25) is 9.36 Å². The molecule has 6 heteroatoms. The van der Waals surface area contributed by atoms with Gasteiger partial charge in [0.15, 0.2) is 0 Å². The Balaban J connectivity index is 1.46. The van der Waals surface area contributed by atoms with Crippen molar-refractivity contribution in [1.82, 2.24) is 9.55 Å². The average molecular weight is 450 g/mol. The number of aryl methyl sites for hydroxylation is 1. The Kier molecular flexibility index (Phi) is 6.04. The lowest BCUT2D eigenvalue weighted by Crippen LogP contribution is -2.23. The summed E-state index contributed by atoms with van der Waals surface area (Å²) >= 11 is 2.26. The highest BCUT2D eigenvalue weighted by Crippen LogP contribution is 2.21. The quantitative estimate of drug-likeness (QED) is 0.409. The van der Waals surface area contributed by atoms with Gasteiger partial charge in [0.25, 0.3) is 5.56 Å². The minimum absolute atomic E-state index is 0.0420. The normalized spacial score (nSPS) is 11.0. The van der Waals surface area contributed by atoms with Gasteiger partial charge in [0.1, 0.15) is 12.4 Å². The number of halogens is 1. The van der Waals surface area contributed by atoms with Crippen molar-refractivity contribution in [3.63, 3.8) is 0 Å². The van der Waals surface area contributed by atoms with Gasteiger partial charge < -0.3 is 9.47 Å². The fraction of sp³-hybridized carbons (Fsp3) is 0.263. The van der Waals surface area contributed by atoms with Crippen LogP contribution < -0.4 is 10.3 Å². The number of hydrogen-bond donors (Lipinski definition) is 0. The summed E-state index contributed by atoms with van der Waals surface area (Å²) < 4.78 is 14.0. The van der Waals surface area contributed by atoms with Gasteiger partial charge in [-0.1, -0.05) is 18.2 Å². The Morgan fingerprint density at radius 1 is 1.12 bits per heavy atom. The van der Waals surface area contributed by atoms with E-state index in [1.807, 2.05) is 30.3 Å². The monoisotopic (exact) mass is 450 g/mol. The first kappa shape index (κ1) is 17.9. The zero-order valence-corrected chi connectivity index (χ0v) is 16.1. The average Bonchev–Trinajstić information content (AvgIpc) is 2.61. The van der Waals surface area contributed by atoms with Crippen molar-refractivity contribution in [3.05, 3.63) is 68.3 Å². The summed E-state index contributed by atoms with van der Waals surface area (Å²) in [4.78, 5) is 16.6. The Bertz CT molecular complexity index is 924. The third kappa shape index (κ3) is 4.58. The van der Waals surface area contributed by atoms with Gasteiger partial charge in [-0.05, 0) is 59.3 Å². The SMILES string of the molecule is Cc1ccc(OCCOCCn2cnc3ccccc3c2=O)c(I)c1. The summed E-state index contributed by atoms with van der Waals surface area (Å²) in [7, 11) is 0. The molecule has 2 aromatic carbocycles. The van der Waals surface area contributed by atoms with Gasteiger partial charge in [-0.15, -0.1) is 0 Å². The molecule has 0 spiro atoms. The number of hydrogen-bond acceptors (Lipinski definition) is 4. The first-order valence-electron chi connectivity index (χ1n) is 8.06. The van der Waals surface area contributed by atoms with Gasteiger partial charge in [-0.25, -0.2) is 4.98 Å². The van der Waals surface area contributed by atoms with Gasteiger partial charge >= 0.3 is 0 Å². The van der Waals surface area contributed by atoms with Crippen LogP contribution in [-0.2, 0) is 11.3 Å². The molecule has 0 atom stereocenters. The molecular weight excluding hydrogens is 431 g/mol. The van der Waals surface area contributed by atoms with E-state index in [0.717, 1.165) is 9.32 Å². The molecule has 0 N–H and O–H groups in total. The summed E-state index contributed by atoms with van der Waals surface area (Å²) in [5, 5.41) is 0.627. The molecule has 0 bridgehead atoms. The number of nitrogens with zero attached hydrogens (tertiary/aromatic N) is 2. The van der Waals surface area contributed by atoms with Crippen molar-refractivity contribution >= 4 is 33.5 Å². The molecule has 0 aliphatic carbocycles. The molecule has 5 nitrogen and oxygen atoms in total. The molecule has 0 saturated heterocycles. The lowest BCUT2D eigenvalue weighted by Gasteiger charge is -2.10. The Morgan fingerprint density at radius 3 is 2.80 bits per heavy atom. The number of aromatic nitrogens is 2. The van der Waals surface area contributed by atoms with Crippen LogP contribution in [0.25, 0.3) is 10.9 Å². The fourth-order valence-corrected chi connectivity index (χ4v) is 3.29. The number of para-hydroxylation sites is 1. The minimum atomic E-state index is -0.0420. The van der Waals surface area contributed by atoms with Crippen LogP contribution in [-0.4, -0.2) is 29.4 Å². The van der Waals surface area contributed by atoms with Crippen LogP contribution in [0, 0.1) is 10.5 Å². The number of rotatable bonds is 7. The van der Waals surface area contributed by atoms with Gasteiger partial charge in [-0.2, -0.15) is 0 Å². The molecule has 1 aromatic heterocycles. The summed E-state index contributed by atoms with van der Waals surface area (Å²) in [5.41, 5.74) is 1.88. The predicted octanol–water partition coefficient (Wildman–Crippen LogP) is 3.41. The highest BCUT2D eigenvalue weighted by Gasteiger charge is 2.03. The fourth-order valence-electron chi connectivity index (χ4n) is 2.46. The second-order valence-electron chi connectivity index (χ2n) is 5.65. The first-order chi connectivity index (χ1) is 12.1. The molecule has 0 aliphatic heterocycles. The van der Waals surface area contributed by atoms with Gasteiger partial charge in [0.05, 0.1) is 40.6 Å². The predicted molar refractivity (Wildman–Crippen MR) is 106 cm³/mol. The van der Waals surface area contributed by atoms with Crippen LogP contribution in [0.4, 0.5) is 0 Å². The topological polar surface area (TPSA) is 53.4 Å². The molecule has 0 aliphatic rings. The Hall–Kier alpha value is -1.93. The summed E-state index contributed by atoms with van der Waals surface area (Å²) in [5.74, 6) is 0.866. The van der Waals surface area contributed by atoms with Crippen molar-refractivity contribution < 1.29 is 9.47 Å². The van der Waals surface area contributed by atoms with E-state index < -0.39 is 0 Å². The summed E-state index contributed by atoms with van der Waals surface area (Å²) in [6.45, 7) is 3.91. The van der Waals surface area contributed by atoms with Crippen LogP contribution in [0.5, 0.6) is 5.75 Å². The number of fused-ring (bicyclic) bond motifs is 1. The van der Waals surface area contributed by atoms with Gasteiger partial charge in [0.2, 0.25) is 0 Å². The molecule has 0 unspecified atom stereocenters. The standard InChI is InChI=1S/C19H19IN2O3/c1-14-6-7-18(16(20)12-14)25-11-10-24-9-8-22-13-21-17-5-3-2-4-15(17)19(22)23/h2-7,12-13H,8-11H2,1H3. The van der Waals surface area contributed by atoms with Crippen LogP contribution >= 0.6 is 22.6 Å². The lowest BCUT2D eigenvalue weighted by atomic mass is 10.2. The zero-order chi connectivity index (χ0) is 17.6. The lowest BCUT2D eigenvalue weighted by molar-refractivity contribution is 0.0935. The zero-order valence-electron chi connectivity index (χ0n) is 13.9. The van der Waals surface area contributed by atoms with E-state index in [0.29, 0.717) is 37.3 Å². The number of ether oxygens (including phenoxy) is 2. The van der Waals surface area contributed by atoms with E-state index in [-0.39, 0.29) is 5.56 Å². The molecule has 0 amide bonds. The molecule has 3 rings (SSSR count). The third-order valence-electron chi connectivity index (χ3n) is 3.78. The molecular formula is C19H19IN2O3. The van der Waals surface area contributed by atoms with Crippen LogP contribution in [0.3, 0.4) is 0 Å². The van der Waals surface area contributed by atoms with E-state index in [1.54, 1.807) is 17.0 Å². The molecule has 0 fully saturated rings. The molecule has 25 heavy (non-hydrogen) atoms. The van der Waals surface area contributed by atoms with Crippen molar-refractivity contribution in [2.24, 2.45) is 0 Å². The van der Waals surface area contributed by atoms with E-state index in [1.165, 1.54) is 5.56 Å². The summed E-state index contributed by atoms with van der Waals surface area (Å²) in [6, 6.07) is 13.4. The number of benzene rings is 2. The third-order valence-corrected chi connectivity index (χ3v) is 4.62. The van der Waals surface area contributed by atoms with E-state index in [4.69, 9.17) is 9.47 Å². The smallest absolute Gasteiger partial charge is 0.261 e. The molecule has 0 radical (unpaired) electrons. The maximum absolute atomic E-state index is 12.3. The summed E-state index contributed by atoms with van der Waals surface area (Å²) in [6.07, 6.45) is 1.57.